The number of nitrogens with zero attached hydrogens (tertiary/aromatic N) is 2. The molecule has 9 heteroatoms. The van der Waals surface area contributed by atoms with Crippen LogP contribution in [0.4, 0.5) is 5.69 Å². The van der Waals surface area contributed by atoms with Crippen molar-refractivity contribution in [1.82, 2.24) is 10.2 Å². The highest BCUT2D eigenvalue weighted by Gasteiger charge is 2.35. The molecular weight excluding hydrogens is 438 g/mol. The third-order valence-electron chi connectivity index (χ3n) is 6.04. The highest BCUT2D eigenvalue weighted by Crippen LogP contribution is 2.18. The zero-order valence-electron chi connectivity index (χ0n) is 20.1. The number of esters is 1. The highest BCUT2D eigenvalue weighted by molar-refractivity contribution is 5.99. The van der Waals surface area contributed by atoms with Crippen LogP contribution < -0.4 is 5.32 Å². The van der Waals surface area contributed by atoms with Crippen LogP contribution in [0.3, 0.4) is 0 Å². The molecule has 1 unspecified atom stereocenters. The Hall–Kier alpha value is -2.97. The topological polar surface area (TPSA) is 119 Å². The smallest absolute Gasteiger partial charge is 0.308 e. The van der Waals surface area contributed by atoms with Gasteiger partial charge in [0, 0.05) is 30.8 Å². The normalized spacial score (nSPS) is 15.6. The van der Waals surface area contributed by atoms with Crippen molar-refractivity contribution < 1.29 is 24.0 Å². The first-order valence-electron chi connectivity index (χ1n) is 12.4. The minimum absolute atomic E-state index is 0.125. The summed E-state index contributed by atoms with van der Waals surface area (Å²) in [6.45, 7) is 3.05. The number of amides is 2. The van der Waals surface area contributed by atoms with Crippen LogP contribution in [-0.4, -0.2) is 53.3 Å². The van der Waals surface area contributed by atoms with Crippen LogP contribution in [0.15, 0.2) is 24.3 Å². The number of nitro benzene ring substituents is 1. The Morgan fingerprint density at radius 2 is 1.62 bits per heavy atom. The molecule has 2 amide bonds. The summed E-state index contributed by atoms with van der Waals surface area (Å²) in [7, 11) is 0. The number of piperazine rings is 1. The first-order chi connectivity index (χ1) is 16.4. The van der Waals surface area contributed by atoms with Crippen molar-refractivity contribution in [3.63, 3.8) is 0 Å². The maximum atomic E-state index is 12.9. The lowest BCUT2D eigenvalue weighted by Gasteiger charge is -2.34. The minimum atomic E-state index is -0.961. The van der Waals surface area contributed by atoms with Crippen LogP contribution in [0.5, 0.6) is 0 Å². The molecule has 1 heterocycles. The molecule has 1 aromatic rings. The molecule has 0 aliphatic carbocycles. The first-order valence-corrected chi connectivity index (χ1v) is 12.4. The Morgan fingerprint density at radius 1 is 1.03 bits per heavy atom. The van der Waals surface area contributed by atoms with Crippen molar-refractivity contribution in [3.8, 4) is 0 Å². The monoisotopic (exact) mass is 475 g/mol. The Morgan fingerprint density at radius 3 is 2.21 bits per heavy atom. The van der Waals surface area contributed by atoms with E-state index in [4.69, 9.17) is 4.74 Å². The number of hydrogen-bond acceptors (Lipinski definition) is 6. The quantitative estimate of drug-likeness (QED) is 0.174. The van der Waals surface area contributed by atoms with Gasteiger partial charge in [0.1, 0.15) is 6.04 Å². The van der Waals surface area contributed by atoms with E-state index in [2.05, 4.69) is 12.2 Å². The van der Waals surface area contributed by atoms with Gasteiger partial charge in [-0.05, 0) is 18.6 Å². The predicted molar refractivity (Wildman–Crippen MR) is 128 cm³/mol. The molecule has 0 bridgehead atoms. The van der Waals surface area contributed by atoms with E-state index in [0.717, 1.165) is 19.3 Å². The van der Waals surface area contributed by atoms with Gasteiger partial charge in [-0.25, -0.2) is 0 Å². The van der Waals surface area contributed by atoms with Crippen LogP contribution in [0.2, 0.25) is 0 Å². The number of carbonyl (C=O) groups is 3. The molecule has 0 saturated carbocycles. The number of nitro groups is 1. The second-order valence-corrected chi connectivity index (χ2v) is 8.72. The molecule has 0 radical (unpaired) electrons. The standard InChI is InChI=1S/C25H37N3O6/c1-2-3-4-5-6-7-8-9-10-11-18-34-23(29)19-22-24(30)26-16-17-27(22)25(31)20-12-14-21(15-13-20)28(32)33/h12-15,22H,2-11,16-19H2,1H3,(H,26,30). The summed E-state index contributed by atoms with van der Waals surface area (Å²) in [5.74, 6) is -1.37. The Bertz CT molecular complexity index is 811. The van der Waals surface area contributed by atoms with Gasteiger partial charge >= 0.3 is 5.97 Å². The van der Waals surface area contributed by atoms with Crippen LogP contribution in [0.25, 0.3) is 0 Å². The van der Waals surface area contributed by atoms with Crippen molar-refractivity contribution in [2.45, 2.75) is 83.6 Å². The molecule has 1 aliphatic heterocycles. The van der Waals surface area contributed by atoms with E-state index in [0.29, 0.717) is 6.61 Å². The zero-order valence-corrected chi connectivity index (χ0v) is 20.1. The zero-order chi connectivity index (χ0) is 24.8. The first kappa shape index (κ1) is 27.3. The third kappa shape index (κ3) is 9.11. The molecule has 9 nitrogen and oxygen atoms in total. The van der Waals surface area contributed by atoms with Gasteiger partial charge in [-0.1, -0.05) is 64.7 Å². The van der Waals surface area contributed by atoms with Gasteiger partial charge < -0.3 is 15.0 Å². The van der Waals surface area contributed by atoms with Gasteiger partial charge in [0.05, 0.1) is 18.0 Å². The predicted octanol–water partition coefficient (Wildman–Crippen LogP) is 4.39. The molecule has 34 heavy (non-hydrogen) atoms. The molecular formula is C25H37N3O6. The average molecular weight is 476 g/mol. The fraction of sp³-hybridized carbons (Fsp3) is 0.640. The summed E-state index contributed by atoms with van der Waals surface area (Å²) in [4.78, 5) is 49.2. The fourth-order valence-electron chi connectivity index (χ4n) is 4.04. The Labute approximate surface area is 201 Å². The number of hydrogen-bond donors (Lipinski definition) is 1. The molecule has 1 saturated heterocycles. The highest BCUT2D eigenvalue weighted by atomic mass is 16.6. The lowest BCUT2D eigenvalue weighted by atomic mass is 10.1. The van der Waals surface area contributed by atoms with Crippen LogP contribution >= 0.6 is 0 Å². The molecule has 1 aromatic carbocycles. The van der Waals surface area contributed by atoms with Gasteiger partial charge in [0.2, 0.25) is 5.91 Å². The van der Waals surface area contributed by atoms with Crippen LogP contribution in [0, 0.1) is 10.1 Å². The maximum absolute atomic E-state index is 12.9. The minimum Gasteiger partial charge on any atom is -0.466 e. The maximum Gasteiger partial charge on any atom is 0.308 e. The molecule has 1 aliphatic rings. The number of nitrogens with one attached hydrogen (secondary N) is 1. The van der Waals surface area contributed by atoms with Gasteiger partial charge in [-0.3, -0.25) is 24.5 Å². The molecule has 1 N–H and O–H groups in total. The van der Waals surface area contributed by atoms with Crippen LogP contribution in [0.1, 0.15) is 87.9 Å². The van der Waals surface area contributed by atoms with E-state index >= 15 is 0 Å². The summed E-state index contributed by atoms with van der Waals surface area (Å²) >= 11 is 0. The molecule has 2 rings (SSSR count). The van der Waals surface area contributed by atoms with Crippen molar-refractivity contribution >= 4 is 23.5 Å². The lowest BCUT2D eigenvalue weighted by Crippen LogP contribution is -2.57. The SMILES string of the molecule is CCCCCCCCCCCCOC(=O)CC1C(=O)NCCN1C(=O)c1ccc([N+](=O)[O-])cc1. The lowest BCUT2D eigenvalue weighted by molar-refractivity contribution is -0.384. The number of unbranched alkanes of at least 4 members (excludes halogenated alkanes) is 9. The van der Waals surface area contributed by atoms with E-state index < -0.39 is 28.7 Å². The second kappa shape index (κ2) is 15.0. The Kier molecular flexibility index (Phi) is 12.1. The van der Waals surface area contributed by atoms with E-state index in [1.807, 2.05) is 0 Å². The van der Waals surface area contributed by atoms with Gasteiger partial charge in [-0.15, -0.1) is 0 Å². The van der Waals surface area contributed by atoms with Crippen molar-refractivity contribution in [1.29, 1.82) is 0 Å². The van der Waals surface area contributed by atoms with E-state index in [9.17, 15) is 24.5 Å². The molecule has 1 fully saturated rings. The third-order valence-corrected chi connectivity index (χ3v) is 6.04. The van der Waals surface area contributed by atoms with Crippen LogP contribution in [-0.2, 0) is 14.3 Å². The number of non-ortho nitro benzene ring substituents is 1. The van der Waals surface area contributed by atoms with E-state index in [1.165, 1.54) is 74.1 Å². The largest absolute Gasteiger partial charge is 0.466 e. The van der Waals surface area contributed by atoms with E-state index in [1.54, 1.807) is 0 Å². The molecule has 1 atom stereocenters. The van der Waals surface area contributed by atoms with Gasteiger partial charge in [0.25, 0.3) is 11.6 Å². The number of ether oxygens (including phenoxy) is 1. The average Bonchev–Trinajstić information content (AvgIpc) is 2.83. The number of carbonyl (C=O) groups excluding carboxylic acids is 3. The number of benzene rings is 1. The van der Waals surface area contributed by atoms with Gasteiger partial charge in [-0.2, -0.15) is 0 Å². The summed E-state index contributed by atoms with van der Waals surface area (Å²) in [6.07, 6.45) is 11.6. The number of rotatable bonds is 15. The summed E-state index contributed by atoms with van der Waals surface area (Å²) in [6, 6.07) is 4.23. The van der Waals surface area contributed by atoms with Crippen molar-refractivity contribution in [2.24, 2.45) is 0 Å². The fourth-order valence-corrected chi connectivity index (χ4v) is 4.04. The summed E-state index contributed by atoms with van der Waals surface area (Å²) < 4.78 is 5.31. The molecule has 188 valence electrons. The van der Waals surface area contributed by atoms with Crippen molar-refractivity contribution in [3.05, 3.63) is 39.9 Å². The molecule has 0 spiro atoms. The molecule has 0 aromatic heterocycles. The summed E-state index contributed by atoms with van der Waals surface area (Å²) in [5, 5.41) is 13.5. The Balaban J connectivity index is 1.73. The second-order valence-electron chi connectivity index (χ2n) is 8.72. The summed E-state index contributed by atoms with van der Waals surface area (Å²) in [5.41, 5.74) is 0.101. The van der Waals surface area contributed by atoms with Gasteiger partial charge in [0.15, 0.2) is 0 Å². The van der Waals surface area contributed by atoms with E-state index in [-0.39, 0.29) is 30.8 Å². The van der Waals surface area contributed by atoms with Crippen molar-refractivity contribution in [2.75, 3.05) is 19.7 Å².